The van der Waals surface area contributed by atoms with E-state index in [1.54, 1.807) is 24.3 Å². The summed E-state index contributed by atoms with van der Waals surface area (Å²) in [6.45, 7) is 15.8. The highest BCUT2D eigenvalue weighted by Gasteiger charge is 2.05. The van der Waals surface area contributed by atoms with Crippen molar-refractivity contribution in [2.24, 2.45) is 0 Å². The zero-order chi connectivity index (χ0) is 15.9. The quantitative estimate of drug-likeness (QED) is 0.619. The predicted molar refractivity (Wildman–Crippen MR) is 81.0 cm³/mol. The second-order valence-electron chi connectivity index (χ2n) is 4.37. The molecule has 0 aromatic heterocycles. The van der Waals surface area contributed by atoms with Gasteiger partial charge < -0.3 is 9.47 Å². The zero-order valence-electron chi connectivity index (χ0n) is 11.8. The Balaban J connectivity index is 2.02. The molecule has 0 atom stereocenters. The van der Waals surface area contributed by atoms with Crippen molar-refractivity contribution in [3.63, 3.8) is 0 Å². The minimum absolute atomic E-state index is 0.0528. The van der Waals surface area contributed by atoms with Crippen LogP contribution in [-0.4, -0.2) is 6.79 Å². The van der Waals surface area contributed by atoms with E-state index >= 15 is 0 Å². The highest BCUT2D eigenvalue weighted by molar-refractivity contribution is 5.72. The molecule has 0 amide bonds. The summed E-state index contributed by atoms with van der Waals surface area (Å²) in [5.41, 5.74) is 1.97. The van der Waals surface area contributed by atoms with Crippen molar-refractivity contribution in [1.29, 1.82) is 5.26 Å². The van der Waals surface area contributed by atoms with Gasteiger partial charge in [0.15, 0.2) is 11.4 Å². The standard InChI is InChI=1S/C17H11N3O2/c1-12-4-5-14(8-13(12)10-18)21-11-22-15-6-7-16(19-2)17(9-15)20-3/h4-9H,11H2,1H3. The van der Waals surface area contributed by atoms with Gasteiger partial charge in [0.05, 0.1) is 24.8 Å². The molecule has 0 aliphatic carbocycles. The maximum absolute atomic E-state index is 8.96. The van der Waals surface area contributed by atoms with Crippen molar-refractivity contribution in [2.45, 2.75) is 6.92 Å². The van der Waals surface area contributed by atoms with E-state index in [4.69, 9.17) is 27.9 Å². The molecule has 0 spiro atoms. The lowest BCUT2D eigenvalue weighted by molar-refractivity contribution is 0.120. The number of hydrogen-bond acceptors (Lipinski definition) is 3. The van der Waals surface area contributed by atoms with E-state index in [9.17, 15) is 0 Å². The first-order chi connectivity index (χ1) is 10.7. The number of rotatable bonds is 4. The Labute approximate surface area is 128 Å². The summed E-state index contributed by atoms with van der Waals surface area (Å²) in [5, 5.41) is 8.96. The van der Waals surface area contributed by atoms with Crippen LogP contribution in [0, 0.1) is 31.4 Å². The molecule has 0 saturated carbocycles. The summed E-state index contributed by atoms with van der Waals surface area (Å²) in [5.74, 6) is 0.983. The molecule has 2 rings (SSSR count). The molecule has 22 heavy (non-hydrogen) atoms. The molecule has 106 valence electrons. The Morgan fingerprint density at radius 2 is 1.64 bits per heavy atom. The average molecular weight is 289 g/mol. The molecule has 0 aliphatic rings. The van der Waals surface area contributed by atoms with E-state index < -0.39 is 0 Å². The van der Waals surface area contributed by atoms with Crippen LogP contribution >= 0.6 is 0 Å². The van der Waals surface area contributed by atoms with Crippen LogP contribution < -0.4 is 9.47 Å². The Bertz CT molecular complexity index is 823. The average Bonchev–Trinajstić information content (AvgIpc) is 2.56. The number of nitriles is 1. The summed E-state index contributed by atoms with van der Waals surface area (Å²) in [6, 6.07) is 11.9. The summed E-state index contributed by atoms with van der Waals surface area (Å²) < 4.78 is 10.8. The van der Waals surface area contributed by atoms with Crippen molar-refractivity contribution >= 4 is 11.4 Å². The number of ether oxygens (including phenoxy) is 2. The van der Waals surface area contributed by atoms with Crippen molar-refractivity contribution in [3.8, 4) is 17.6 Å². The predicted octanol–water partition coefficient (Wildman–Crippen LogP) is 4.38. The third-order valence-corrected chi connectivity index (χ3v) is 2.97. The molecule has 0 N–H and O–H groups in total. The molecule has 0 fully saturated rings. The molecular weight excluding hydrogens is 278 g/mol. The maximum Gasteiger partial charge on any atom is 0.230 e. The highest BCUT2D eigenvalue weighted by Crippen LogP contribution is 2.32. The minimum Gasteiger partial charge on any atom is -0.459 e. The number of hydrogen-bond donors (Lipinski definition) is 0. The van der Waals surface area contributed by atoms with Crippen molar-refractivity contribution in [2.75, 3.05) is 6.79 Å². The summed E-state index contributed by atoms with van der Waals surface area (Å²) in [6.07, 6.45) is 0. The van der Waals surface area contributed by atoms with E-state index in [0.717, 1.165) is 5.56 Å². The van der Waals surface area contributed by atoms with Gasteiger partial charge >= 0.3 is 0 Å². The maximum atomic E-state index is 8.96. The van der Waals surface area contributed by atoms with Gasteiger partial charge in [-0.1, -0.05) is 12.1 Å². The van der Waals surface area contributed by atoms with Crippen molar-refractivity contribution < 1.29 is 9.47 Å². The van der Waals surface area contributed by atoms with Gasteiger partial charge in [-0.2, -0.15) is 5.26 Å². The van der Waals surface area contributed by atoms with Crippen molar-refractivity contribution in [1.82, 2.24) is 0 Å². The van der Waals surface area contributed by atoms with E-state index in [-0.39, 0.29) is 12.5 Å². The molecule has 5 nitrogen and oxygen atoms in total. The Morgan fingerprint density at radius 3 is 2.27 bits per heavy atom. The summed E-state index contributed by atoms with van der Waals surface area (Å²) in [7, 11) is 0. The summed E-state index contributed by atoms with van der Waals surface area (Å²) >= 11 is 0. The lowest BCUT2D eigenvalue weighted by Gasteiger charge is -2.10. The number of nitrogens with zero attached hydrogens (tertiary/aromatic N) is 3. The second-order valence-corrected chi connectivity index (χ2v) is 4.37. The van der Waals surface area contributed by atoms with Crippen LogP contribution in [0.4, 0.5) is 11.4 Å². The van der Waals surface area contributed by atoms with Crippen LogP contribution in [-0.2, 0) is 0 Å². The van der Waals surface area contributed by atoms with E-state index in [1.165, 1.54) is 12.1 Å². The zero-order valence-corrected chi connectivity index (χ0v) is 11.8. The van der Waals surface area contributed by atoms with Gasteiger partial charge in [0.1, 0.15) is 11.5 Å². The topological polar surface area (TPSA) is 51.0 Å². The van der Waals surface area contributed by atoms with Gasteiger partial charge in [-0.3, -0.25) is 4.85 Å². The van der Waals surface area contributed by atoms with Gasteiger partial charge in [0, 0.05) is 0 Å². The van der Waals surface area contributed by atoms with Crippen LogP contribution in [0.5, 0.6) is 11.5 Å². The summed E-state index contributed by atoms with van der Waals surface area (Å²) in [4.78, 5) is 6.54. The Hall–Kier alpha value is -3.49. The van der Waals surface area contributed by atoms with Crippen LogP contribution in [0.1, 0.15) is 11.1 Å². The fraction of sp³-hybridized carbons (Fsp3) is 0.118. The molecule has 0 heterocycles. The van der Waals surface area contributed by atoms with Crippen LogP contribution in [0.25, 0.3) is 9.69 Å². The second kappa shape index (κ2) is 6.79. The lowest BCUT2D eigenvalue weighted by Crippen LogP contribution is -2.05. The molecule has 2 aromatic rings. The molecule has 5 heteroatoms. The van der Waals surface area contributed by atoms with Crippen LogP contribution in [0.2, 0.25) is 0 Å². The van der Waals surface area contributed by atoms with E-state index in [1.807, 2.05) is 6.92 Å². The minimum atomic E-state index is -0.0528. The monoisotopic (exact) mass is 289 g/mol. The lowest BCUT2D eigenvalue weighted by atomic mass is 10.1. The van der Waals surface area contributed by atoms with Crippen molar-refractivity contribution in [3.05, 3.63) is 70.4 Å². The van der Waals surface area contributed by atoms with E-state index in [2.05, 4.69) is 15.8 Å². The van der Waals surface area contributed by atoms with Crippen LogP contribution in [0.3, 0.4) is 0 Å². The highest BCUT2D eigenvalue weighted by atomic mass is 16.7. The molecular formula is C17H11N3O2. The molecule has 0 aliphatic heterocycles. The van der Waals surface area contributed by atoms with Gasteiger partial charge in [0.2, 0.25) is 6.79 Å². The Morgan fingerprint density at radius 1 is 1.00 bits per heavy atom. The van der Waals surface area contributed by atoms with Gasteiger partial charge in [-0.15, -0.1) is 0 Å². The molecule has 2 aromatic carbocycles. The molecule has 0 bridgehead atoms. The molecule has 0 radical (unpaired) electrons. The largest absolute Gasteiger partial charge is 0.459 e. The van der Waals surface area contributed by atoms with Crippen LogP contribution in [0.15, 0.2) is 36.4 Å². The van der Waals surface area contributed by atoms with E-state index in [0.29, 0.717) is 22.7 Å². The first-order valence-corrected chi connectivity index (χ1v) is 6.33. The molecule has 0 saturated heterocycles. The third kappa shape index (κ3) is 3.33. The number of aryl methyl sites for hydroxylation is 1. The fourth-order valence-corrected chi connectivity index (χ4v) is 1.75. The smallest absolute Gasteiger partial charge is 0.230 e. The number of benzene rings is 2. The van der Waals surface area contributed by atoms with Gasteiger partial charge in [-0.25, -0.2) is 4.85 Å². The fourth-order valence-electron chi connectivity index (χ4n) is 1.75. The normalized spacial score (nSPS) is 9.18. The molecule has 0 unspecified atom stereocenters. The Kier molecular flexibility index (Phi) is 4.60. The first kappa shape index (κ1) is 14.9. The SMILES string of the molecule is [C-]#[N+]c1ccc(OCOc2ccc(C)c(C#N)c2)cc1[N+]#[C-]. The van der Waals surface area contributed by atoms with Gasteiger partial charge in [0.25, 0.3) is 0 Å². The third-order valence-electron chi connectivity index (χ3n) is 2.97. The first-order valence-electron chi connectivity index (χ1n) is 6.33. The van der Waals surface area contributed by atoms with Gasteiger partial charge in [-0.05, 0) is 36.8 Å².